The van der Waals surface area contributed by atoms with Crippen molar-refractivity contribution in [2.75, 3.05) is 26.4 Å². The van der Waals surface area contributed by atoms with E-state index in [0.717, 1.165) is 9.87 Å². The van der Waals surface area contributed by atoms with Crippen LogP contribution in [0.2, 0.25) is 0 Å². The van der Waals surface area contributed by atoms with Crippen LogP contribution >= 0.6 is 0 Å². The number of rotatable bonds is 6. The van der Waals surface area contributed by atoms with Crippen molar-refractivity contribution in [1.82, 2.24) is 4.31 Å². The van der Waals surface area contributed by atoms with Crippen molar-refractivity contribution in [2.45, 2.75) is 36.2 Å². The number of nitrogens with zero attached hydrogens (tertiary/aromatic N) is 1. The van der Waals surface area contributed by atoms with Crippen LogP contribution in [-0.2, 0) is 14.8 Å². The van der Waals surface area contributed by atoms with Gasteiger partial charge in [-0.05, 0) is 31.9 Å². The summed E-state index contributed by atoms with van der Waals surface area (Å²) in [5, 5.41) is 34.1. The maximum absolute atomic E-state index is 12.3. The Morgan fingerprint density at radius 2 is 1.69 bits per heavy atom. The molecule has 1 heterocycles. The van der Waals surface area contributed by atoms with Gasteiger partial charge in [-0.3, -0.25) is 4.79 Å². The summed E-state index contributed by atoms with van der Waals surface area (Å²) in [5.74, 6) is -1.08. The maximum Gasteiger partial charge on any atom is 0.322 e. The molecular weight excluding hydrogens is 364 g/mol. The lowest BCUT2D eigenvalue weighted by molar-refractivity contribution is -0.140. The Bertz CT molecular complexity index is 679. The first kappa shape index (κ1) is 22.5. The van der Waals surface area contributed by atoms with Crippen molar-refractivity contribution >= 4 is 16.0 Å². The monoisotopic (exact) mass is 390 g/mol. The van der Waals surface area contributed by atoms with Gasteiger partial charge < -0.3 is 26.2 Å². The Morgan fingerprint density at radius 3 is 2.08 bits per heavy atom. The van der Waals surface area contributed by atoms with Crippen molar-refractivity contribution in [3.05, 3.63) is 29.8 Å². The molecule has 148 valence electrons. The first-order valence-corrected chi connectivity index (χ1v) is 9.48. The molecule has 1 aliphatic rings. The van der Waals surface area contributed by atoms with Crippen LogP contribution in [0.25, 0.3) is 0 Å². The van der Waals surface area contributed by atoms with Gasteiger partial charge in [0.05, 0.1) is 30.3 Å². The Morgan fingerprint density at radius 1 is 1.19 bits per heavy atom. The quantitative estimate of drug-likeness (QED) is 0.409. The summed E-state index contributed by atoms with van der Waals surface area (Å²) in [6.45, 7) is 0.930. The largest absolute Gasteiger partial charge is 0.480 e. The van der Waals surface area contributed by atoms with E-state index in [1.54, 1.807) is 12.1 Å². The summed E-state index contributed by atoms with van der Waals surface area (Å²) < 4.78 is 25.7. The number of benzene rings is 1. The molecule has 0 radical (unpaired) electrons. The first-order valence-electron chi connectivity index (χ1n) is 8.04. The lowest BCUT2D eigenvalue weighted by atomic mass is 10.1. The number of aliphatic hydroxyl groups excluding tert-OH is 3. The Labute approximate surface area is 152 Å². The predicted molar refractivity (Wildman–Crippen MR) is 93.9 cm³/mol. The Kier molecular flexibility index (Phi) is 8.13. The summed E-state index contributed by atoms with van der Waals surface area (Å²) >= 11 is 0. The average molecular weight is 390 g/mol. The van der Waals surface area contributed by atoms with E-state index < -0.39 is 47.4 Å². The molecule has 0 spiro atoms. The molecule has 0 saturated carbocycles. The highest BCUT2D eigenvalue weighted by molar-refractivity contribution is 7.89. The molecule has 0 amide bonds. The van der Waals surface area contributed by atoms with Crippen LogP contribution in [-0.4, -0.2) is 77.1 Å². The molecule has 1 aromatic rings. The third kappa shape index (κ3) is 5.47. The second kappa shape index (κ2) is 9.40. The molecule has 0 aromatic heterocycles. The van der Waals surface area contributed by atoms with Crippen molar-refractivity contribution in [3.63, 3.8) is 0 Å². The van der Waals surface area contributed by atoms with Crippen molar-refractivity contribution in [1.29, 1.82) is 0 Å². The zero-order valence-electron chi connectivity index (χ0n) is 14.6. The molecule has 9 nitrogen and oxygen atoms in total. The van der Waals surface area contributed by atoms with Crippen molar-refractivity contribution in [3.8, 4) is 0 Å². The van der Waals surface area contributed by atoms with Gasteiger partial charge in [-0.15, -0.1) is 0 Å². The first-order chi connectivity index (χ1) is 12.1. The Balaban J connectivity index is 0.000000359. The Hall–Kier alpha value is -1.56. The van der Waals surface area contributed by atoms with E-state index >= 15 is 0 Å². The lowest BCUT2D eigenvalue weighted by Gasteiger charge is -2.20. The van der Waals surface area contributed by atoms with Gasteiger partial charge in [0.25, 0.3) is 0 Å². The van der Waals surface area contributed by atoms with Gasteiger partial charge in [0.15, 0.2) is 0 Å². The summed E-state index contributed by atoms with van der Waals surface area (Å²) in [7, 11) is -3.70. The predicted octanol–water partition coefficient (Wildman–Crippen LogP) is -1.11. The number of aryl methyl sites for hydroxylation is 1. The van der Waals surface area contributed by atoms with Gasteiger partial charge >= 0.3 is 5.97 Å². The number of aliphatic hydroxyl groups is 3. The van der Waals surface area contributed by atoms with E-state index in [0.29, 0.717) is 12.8 Å². The molecule has 1 saturated heterocycles. The number of hydrogen-bond donors (Lipinski definition) is 5. The number of nitrogens with two attached hydrogens (primary N) is 1. The normalized spacial score (nSPS) is 18.3. The van der Waals surface area contributed by atoms with E-state index in [4.69, 9.17) is 26.2 Å². The van der Waals surface area contributed by atoms with Gasteiger partial charge in [0, 0.05) is 6.54 Å². The summed E-state index contributed by atoms with van der Waals surface area (Å²) in [6, 6.07) is 5.51. The summed E-state index contributed by atoms with van der Waals surface area (Å²) in [5.41, 5.74) is 4.90. The van der Waals surface area contributed by atoms with Crippen molar-refractivity contribution < 1.29 is 33.6 Å². The van der Waals surface area contributed by atoms with Gasteiger partial charge in [-0.25, -0.2) is 8.42 Å². The van der Waals surface area contributed by atoms with E-state index in [2.05, 4.69) is 0 Å². The minimum atomic E-state index is -3.70. The minimum absolute atomic E-state index is 0.154. The zero-order chi connectivity index (χ0) is 20.0. The number of carbonyl (C=O) groups is 1. The zero-order valence-corrected chi connectivity index (χ0v) is 15.4. The van der Waals surface area contributed by atoms with Crippen LogP contribution in [0.4, 0.5) is 0 Å². The average Bonchev–Trinajstić information content (AvgIpc) is 3.13. The standard InChI is InChI=1S/C12H15NO4S.C4H11NO3/c1-9-4-6-10(7-5-9)18(16,17)13-8-2-3-11(13)12(14)15;5-4(1-6,2-7)3-8/h4-7,11H,2-3,8H2,1H3,(H,14,15);6-8H,1-3,5H2. The maximum atomic E-state index is 12.3. The smallest absolute Gasteiger partial charge is 0.322 e. The molecule has 1 atom stereocenters. The lowest BCUT2D eigenvalue weighted by Crippen LogP contribution is -2.50. The SMILES string of the molecule is Cc1ccc(S(=O)(=O)N2CCCC2C(=O)O)cc1.NC(CO)(CO)CO. The summed E-state index contributed by atoms with van der Waals surface area (Å²) in [6.07, 6.45) is 0.961. The molecule has 10 heteroatoms. The van der Waals surface area contributed by atoms with Crippen LogP contribution < -0.4 is 5.73 Å². The second-order valence-corrected chi connectivity index (χ2v) is 8.15. The third-order valence-electron chi connectivity index (χ3n) is 4.06. The molecule has 1 aliphatic heterocycles. The molecule has 0 aliphatic carbocycles. The van der Waals surface area contributed by atoms with Gasteiger partial charge in [0.2, 0.25) is 10.0 Å². The topological polar surface area (TPSA) is 161 Å². The van der Waals surface area contributed by atoms with Crippen LogP contribution in [0.15, 0.2) is 29.2 Å². The fourth-order valence-corrected chi connectivity index (χ4v) is 3.92. The highest BCUT2D eigenvalue weighted by Gasteiger charge is 2.39. The van der Waals surface area contributed by atoms with E-state index in [1.807, 2.05) is 6.92 Å². The molecule has 1 aromatic carbocycles. The number of sulfonamides is 1. The molecule has 26 heavy (non-hydrogen) atoms. The molecule has 1 fully saturated rings. The molecule has 1 unspecified atom stereocenters. The van der Waals surface area contributed by atoms with Gasteiger partial charge in [-0.1, -0.05) is 17.7 Å². The fourth-order valence-electron chi connectivity index (χ4n) is 2.27. The number of carboxylic acid groups (broad SMARTS) is 1. The van der Waals surface area contributed by atoms with Crippen molar-refractivity contribution in [2.24, 2.45) is 5.73 Å². The van der Waals surface area contributed by atoms with Crippen LogP contribution in [0.5, 0.6) is 0 Å². The van der Waals surface area contributed by atoms with Gasteiger partial charge in [0.1, 0.15) is 6.04 Å². The fraction of sp³-hybridized carbons (Fsp3) is 0.562. The highest BCUT2D eigenvalue weighted by Crippen LogP contribution is 2.26. The highest BCUT2D eigenvalue weighted by atomic mass is 32.2. The number of hydrogen-bond acceptors (Lipinski definition) is 7. The van der Waals surface area contributed by atoms with Crippen LogP contribution in [0.1, 0.15) is 18.4 Å². The van der Waals surface area contributed by atoms with Gasteiger partial charge in [-0.2, -0.15) is 4.31 Å². The van der Waals surface area contributed by atoms with E-state index in [-0.39, 0.29) is 11.4 Å². The number of carboxylic acids is 1. The van der Waals surface area contributed by atoms with Crippen LogP contribution in [0, 0.1) is 6.92 Å². The molecule has 2 rings (SSSR count). The van der Waals surface area contributed by atoms with E-state index in [9.17, 15) is 13.2 Å². The minimum Gasteiger partial charge on any atom is -0.480 e. The third-order valence-corrected chi connectivity index (χ3v) is 5.98. The number of aliphatic carboxylic acids is 1. The van der Waals surface area contributed by atoms with Crippen LogP contribution in [0.3, 0.4) is 0 Å². The summed E-state index contributed by atoms with van der Waals surface area (Å²) in [4.78, 5) is 11.2. The second-order valence-electron chi connectivity index (χ2n) is 6.26. The van der Waals surface area contributed by atoms with E-state index in [1.165, 1.54) is 12.1 Å². The molecular formula is C16H26N2O7S. The molecule has 0 bridgehead atoms. The molecule has 6 N–H and O–H groups in total.